The van der Waals surface area contributed by atoms with Gasteiger partial charge in [0.25, 0.3) is 0 Å². The van der Waals surface area contributed by atoms with Gasteiger partial charge < -0.3 is 0 Å². The summed E-state index contributed by atoms with van der Waals surface area (Å²) in [7, 11) is -4.41. The van der Waals surface area contributed by atoms with E-state index in [1.807, 2.05) is 0 Å². The van der Waals surface area contributed by atoms with Gasteiger partial charge in [0.2, 0.25) is 0 Å². The van der Waals surface area contributed by atoms with Gasteiger partial charge in [0, 0.05) is 0 Å². The molecule has 4 nitrogen and oxygen atoms in total. The van der Waals surface area contributed by atoms with Crippen LogP contribution in [0.4, 0.5) is 0 Å². The third-order valence-electron chi connectivity index (χ3n) is 0.778. The summed E-state index contributed by atoms with van der Waals surface area (Å²) >= 11 is 0. The first-order valence-electron chi connectivity index (χ1n) is 2.22. The molecule has 47 valence electrons. The molecule has 0 aromatic heterocycles. The van der Waals surface area contributed by atoms with Crippen LogP contribution in [-0.2, 0) is 19.1 Å². The Morgan fingerprint density at radius 1 is 1.38 bits per heavy atom. The van der Waals surface area contributed by atoms with Crippen molar-refractivity contribution in [3.63, 3.8) is 0 Å². The van der Waals surface area contributed by atoms with Crippen molar-refractivity contribution >= 4 is 10.4 Å². The Morgan fingerprint density at radius 2 is 1.88 bits per heavy atom. The van der Waals surface area contributed by atoms with Crippen LogP contribution < -0.4 is 0 Å². The maximum absolute atomic E-state index is 9.70. The van der Waals surface area contributed by atoms with Crippen molar-refractivity contribution in [2.24, 2.45) is 0 Å². The van der Waals surface area contributed by atoms with E-state index in [4.69, 9.17) is 0 Å². The predicted octanol–water partition coefficient (Wildman–Crippen LogP) is -0.159. The van der Waals surface area contributed by atoms with Crippen molar-refractivity contribution in [2.75, 3.05) is 0 Å². The van der Waals surface area contributed by atoms with Crippen LogP contribution in [0.15, 0.2) is 0 Å². The molecule has 0 saturated heterocycles. The first-order valence-corrected chi connectivity index (χ1v) is 3.55. The molecule has 1 aliphatic carbocycles. The molecular weight excluding hydrogens is 132 g/mol. The molecule has 0 N–H and O–H groups in total. The van der Waals surface area contributed by atoms with Crippen molar-refractivity contribution in [3.8, 4) is 0 Å². The van der Waals surface area contributed by atoms with Crippen LogP contribution in [-0.4, -0.2) is 14.5 Å². The standard InChI is InChI=1S/C3H5O4S/c4-8(5,6)7-3-1-2-3/h3H,1-2H2. The minimum atomic E-state index is -4.41. The van der Waals surface area contributed by atoms with Gasteiger partial charge in [-0.2, -0.15) is 8.42 Å². The Bertz CT molecular complexity index is 166. The molecule has 5 heteroatoms. The molecule has 1 fully saturated rings. The van der Waals surface area contributed by atoms with Crippen molar-refractivity contribution in [1.29, 1.82) is 0 Å². The lowest BCUT2D eigenvalue weighted by atomic mass is 10.9. The van der Waals surface area contributed by atoms with E-state index in [0.29, 0.717) is 12.8 Å². The zero-order chi connectivity index (χ0) is 6.20. The fourth-order valence-electron chi connectivity index (χ4n) is 0.331. The molecule has 0 bridgehead atoms. The van der Waals surface area contributed by atoms with Crippen LogP contribution in [0.2, 0.25) is 0 Å². The quantitative estimate of drug-likeness (QED) is 0.531. The monoisotopic (exact) mass is 137 g/mol. The molecule has 0 aromatic rings. The maximum atomic E-state index is 9.70. The van der Waals surface area contributed by atoms with E-state index in [-0.39, 0.29) is 6.10 Å². The van der Waals surface area contributed by atoms with Gasteiger partial charge in [-0.15, -0.1) is 0 Å². The normalized spacial score (nSPS) is 21.1. The fourth-order valence-corrected chi connectivity index (χ4v) is 0.857. The summed E-state index contributed by atoms with van der Waals surface area (Å²) in [5.74, 6) is 0. The van der Waals surface area contributed by atoms with Crippen LogP contribution in [0, 0.1) is 0 Å². The van der Waals surface area contributed by atoms with Crippen LogP contribution >= 0.6 is 0 Å². The number of rotatable bonds is 2. The topological polar surface area (TPSA) is 63.3 Å². The van der Waals surface area contributed by atoms with Crippen LogP contribution in [0.3, 0.4) is 0 Å². The smallest absolute Gasteiger partial charge is 0.243 e. The molecule has 1 aliphatic rings. The summed E-state index contributed by atoms with van der Waals surface area (Å²) in [5, 5.41) is 0. The van der Waals surface area contributed by atoms with Crippen LogP contribution in [0.25, 0.3) is 0 Å². The zero-order valence-corrected chi connectivity index (χ0v) is 4.85. The van der Waals surface area contributed by atoms with Crippen molar-refractivity contribution < 1.29 is 17.2 Å². The van der Waals surface area contributed by atoms with E-state index >= 15 is 0 Å². The Balaban J connectivity index is 2.38. The predicted molar refractivity (Wildman–Crippen MR) is 23.7 cm³/mol. The highest BCUT2D eigenvalue weighted by Gasteiger charge is 2.28. The average Bonchev–Trinajstić information content (AvgIpc) is 2.12. The second-order valence-electron chi connectivity index (χ2n) is 1.70. The molecular formula is C3H5O4S. The first kappa shape index (κ1) is 6.00. The third-order valence-corrected chi connectivity index (χ3v) is 1.29. The minimum absolute atomic E-state index is 0.308. The molecule has 1 saturated carbocycles. The van der Waals surface area contributed by atoms with Crippen LogP contribution in [0.1, 0.15) is 12.8 Å². The number of hydrogen-bond acceptors (Lipinski definition) is 3. The second kappa shape index (κ2) is 1.68. The molecule has 0 unspecified atom stereocenters. The van der Waals surface area contributed by atoms with E-state index in [1.165, 1.54) is 0 Å². The summed E-state index contributed by atoms with van der Waals surface area (Å²) in [4.78, 5) is 0. The molecule has 0 heterocycles. The summed E-state index contributed by atoms with van der Waals surface area (Å²) < 4.78 is 33.1. The van der Waals surface area contributed by atoms with Gasteiger partial charge in [-0.1, -0.05) is 4.55 Å². The maximum Gasteiger partial charge on any atom is 0.427 e. The lowest BCUT2D eigenvalue weighted by Crippen LogP contribution is -2.02. The van der Waals surface area contributed by atoms with Gasteiger partial charge in [-0.3, -0.25) is 0 Å². The Hall–Kier alpha value is -0.130. The Morgan fingerprint density at radius 3 is 2.00 bits per heavy atom. The molecule has 1 rings (SSSR count). The summed E-state index contributed by atoms with van der Waals surface area (Å²) in [6.07, 6.45) is 1.08. The fraction of sp³-hybridized carbons (Fsp3) is 1.00. The SMILES string of the molecule is [O]S(=O)(=O)OC1CC1. The molecule has 0 aliphatic heterocycles. The van der Waals surface area contributed by atoms with Gasteiger partial charge in [-0.05, 0) is 12.8 Å². The highest BCUT2D eigenvalue weighted by Crippen LogP contribution is 2.24. The van der Waals surface area contributed by atoms with E-state index in [0.717, 1.165) is 0 Å². The van der Waals surface area contributed by atoms with Crippen molar-refractivity contribution in [3.05, 3.63) is 0 Å². The first-order chi connectivity index (χ1) is 3.58. The summed E-state index contributed by atoms with van der Waals surface area (Å²) in [6.45, 7) is 0. The number of hydrogen-bond donors (Lipinski definition) is 0. The molecule has 0 aromatic carbocycles. The van der Waals surface area contributed by atoms with Gasteiger partial charge >= 0.3 is 10.4 Å². The van der Waals surface area contributed by atoms with Gasteiger partial charge in [0.1, 0.15) is 0 Å². The summed E-state index contributed by atoms with van der Waals surface area (Å²) in [6, 6.07) is 0. The highest BCUT2D eigenvalue weighted by atomic mass is 32.3. The van der Waals surface area contributed by atoms with E-state index < -0.39 is 10.4 Å². The highest BCUT2D eigenvalue weighted by molar-refractivity contribution is 7.80. The third kappa shape index (κ3) is 2.25. The van der Waals surface area contributed by atoms with Gasteiger partial charge in [0.05, 0.1) is 6.10 Å². The van der Waals surface area contributed by atoms with Crippen molar-refractivity contribution in [2.45, 2.75) is 18.9 Å². The van der Waals surface area contributed by atoms with Crippen molar-refractivity contribution in [1.82, 2.24) is 0 Å². The van der Waals surface area contributed by atoms with E-state index in [9.17, 15) is 13.0 Å². The molecule has 0 spiro atoms. The van der Waals surface area contributed by atoms with Gasteiger partial charge in [0.15, 0.2) is 0 Å². The molecule has 0 amide bonds. The Kier molecular flexibility index (Phi) is 1.26. The lowest BCUT2D eigenvalue weighted by molar-refractivity contribution is 0.234. The van der Waals surface area contributed by atoms with Gasteiger partial charge in [-0.25, -0.2) is 4.18 Å². The van der Waals surface area contributed by atoms with E-state index in [2.05, 4.69) is 4.18 Å². The second-order valence-corrected chi connectivity index (χ2v) is 2.71. The molecule has 1 radical (unpaired) electrons. The molecule has 8 heavy (non-hydrogen) atoms. The lowest BCUT2D eigenvalue weighted by Gasteiger charge is -1.88. The van der Waals surface area contributed by atoms with Crippen LogP contribution in [0.5, 0.6) is 0 Å². The molecule has 0 atom stereocenters. The van der Waals surface area contributed by atoms with E-state index in [1.54, 1.807) is 0 Å². The average molecular weight is 137 g/mol. The minimum Gasteiger partial charge on any atom is -0.243 e. The largest absolute Gasteiger partial charge is 0.427 e. The summed E-state index contributed by atoms with van der Waals surface area (Å²) in [5.41, 5.74) is 0. The zero-order valence-electron chi connectivity index (χ0n) is 4.03. The Labute approximate surface area is 47.4 Å².